The summed E-state index contributed by atoms with van der Waals surface area (Å²) in [6.45, 7) is 7.93. The zero-order valence-electron chi connectivity index (χ0n) is 14.5. The Kier molecular flexibility index (Phi) is 8.45. The van der Waals surface area contributed by atoms with E-state index in [1.807, 2.05) is 44.2 Å². The van der Waals surface area contributed by atoms with Crippen LogP contribution in [0.3, 0.4) is 0 Å². The molecular formula is C19H28O4. The first kappa shape index (κ1) is 19.3. The van der Waals surface area contributed by atoms with Crippen molar-refractivity contribution in [1.29, 1.82) is 0 Å². The molecule has 0 aliphatic carbocycles. The van der Waals surface area contributed by atoms with E-state index < -0.39 is 0 Å². The van der Waals surface area contributed by atoms with E-state index in [-0.39, 0.29) is 24.7 Å². The van der Waals surface area contributed by atoms with Crippen LogP contribution in [0.2, 0.25) is 0 Å². The van der Waals surface area contributed by atoms with Gasteiger partial charge in [0.1, 0.15) is 17.6 Å². The Hall–Kier alpha value is -1.78. The van der Waals surface area contributed by atoms with Crippen molar-refractivity contribution in [2.24, 2.45) is 5.92 Å². The second-order valence-corrected chi connectivity index (χ2v) is 5.64. The lowest BCUT2D eigenvalue weighted by atomic mass is 10.0. The van der Waals surface area contributed by atoms with Crippen LogP contribution >= 0.6 is 0 Å². The number of aliphatic hydroxyl groups excluding tert-OH is 1. The molecule has 1 aromatic carbocycles. The van der Waals surface area contributed by atoms with Crippen LogP contribution in [0.5, 0.6) is 11.5 Å². The van der Waals surface area contributed by atoms with E-state index in [0.29, 0.717) is 6.42 Å². The Morgan fingerprint density at radius 2 is 1.83 bits per heavy atom. The molecule has 0 aromatic heterocycles. The third-order valence-corrected chi connectivity index (χ3v) is 3.70. The summed E-state index contributed by atoms with van der Waals surface area (Å²) in [7, 11) is 3.29. The lowest BCUT2D eigenvalue weighted by Gasteiger charge is -2.20. The Balaban J connectivity index is 2.68. The quantitative estimate of drug-likeness (QED) is 0.669. The fourth-order valence-electron chi connectivity index (χ4n) is 2.24. The molecule has 0 heterocycles. The fourth-order valence-corrected chi connectivity index (χ4v) is 2.24. The molecule has 128 valence electrons. The van der Waals surface area contributed by atoms with Gasteiger partial charge in [0.05, 0.1) is 13.2 Å². The maximum absolute atomic E-state index is 9.25. The van der Waals surface area contributed by atoms with E-state index in [1.165, 1.54) is 0 Å². The maximum atomic E-state index is 9.25. The standard InChI is InChI=1S/C19H28O4/c1-6-16(23-18-9-7-17(21-4)8-10-18)11-14(2)12-19(22-5)15(3)13-20/h6-10,12,15-16,19-20H,1,11,13H2,2-5H3/b14-12+/t15-,16-,19+/m0/s1. The monoisotopic (exact) mass is 320 g/mol. The van der Waals surface area contributed by atoms with Gasteiger partial charge in [-0.3, -0.25) is 0 Å². The van der Waals surface area contributed by atoms with Gasteiger partial charge in [0.15, 0.2) is 0 Å². The van der Waals surface area contributed by atoms with E-state index in [2.05, 4.69) is 6.58 Å². The summed E-state index contributed by atoms with van der Waals surface area (Å²) in [4.78, 5) is 0. The molecule has 3 atom stereocenters. The summed E-state index contributed by atoms with van der Waals surface area (Å²) in [5.41, 5.74) is 1.13. The van der Waals surface area contributed by atoms with Gasteiger partial charge < -0.3 is 19.3 Å². The van der Waals surface area contributed by atoms with Gasteiger partial charge in [0.25, 0.3) is 0 Å². The van der Waals surface area contributed by atoms with Crippen molar-refractivity contribution in [2.45, 2.75) is 32.5 Å². The molecule has 23 heavy (non-hydrogen) atoms. The predicted molar refractivity (Wildman–Crippen MR) is 93.0 cm³/mol. The first-order valence-corrected chi connectivity index (χ1v) is 7.78. The highest BCUT2D eigenvalue weighted by molar-refractivity contribution is 5.31. The summed E-state index contributed by atoms with van der Waals surface area (Å²) >= 11 is 0. The SMILES string of the molecule is C=C[C@@H](C/C(C)=C/[C@@H](OC)[C@@H](C)CO)Oc1ccc(OC)cc1. The molecule has 1 N–H and O–H groups in total. The Morgan fingerprint density at radius 3 is 2.30 bits per heavy atom. The number of ether oxygens (including phenoxy) is 3. The van der Waals surface area contributed by atoms with Crippen molar-refractivity contribution in [1.82, 2.24) is 0 Å². The summed E-state index contributed by atoms with van der Waals surface area (Å²) < 4.78 is 16.5. The van der Waals surface area contributed by atoms with Crippen molar-refractivity contribution in [3.63, 3.8) is 0 Å². The van der Waals surface area contributed by atoms with Crippen molar-refractivity contribution >= 4 is 0 Å². The maximum Gasteiger partial charge on any atom is 0.120 e. The Morgan fingerprint density at radius 1 is 1.22 bits per heavy atom. The largest absolute Gasteiger partial charge is 0.497 e. The van der Waals surface area contributed by atoms with Crippen LogP contribution in [0, 0.1) is 5.92 Å². The van der Waals surface area contributed by atoms with Crippen LogP contribution in [0.4, 0.5) is 0 Å². The third-order valence-electron chi connectivity index (χ3n) is 3.70. The van der Waals surface area contributed by atoms with E-state index in [0.717, 1.165) is 17.1 Å². The van der Waals surface area contributed by atoms with Crippen LogP contribution in [-0.2, 0) is 4.74 Å². The normalized spacial score (nSPS) is 15.6. The Labute approximate surface area is 139 Å². The molecule has 0 aliphatic heterocycles. The minimum atomic E-state index is -0.124. The van der Waals surface area contributed by atoms with Crippen LogP contribution < -0.4 is 9.47 Å². The summed E-state index contributed by atoms with van der Waals surface area (Å²) in [5, 5.41) is 9.25. The highest BCUT2D eigenvalue weighted by Gasteiger charge is 2.15. The van der Waals surface area contributed by atoms with Crippen molar-refractivity contribution < 1.29 is 19.3 Å². The third kappa shape index (κ3) is 6.47. The molecule has 0 radical (unpaired) electrons. The predicted octanol–water partition coefficient (Wildman–Crippen LogP) is 3.61. The van der Waals surface area contributed by atoms with E-state index in [1.54, 1.807) is 20.3 Å². The Bertz CT molecular complexity index is 493. The minimum absolute atomic E-state index is 0.0552. The number of hydrogen-bond acceptors (Lipinski definition) is 4. The first-order valence-electron chi connectivity index (χ1n) is 7.78. The summed E-state index contributed by atoms with van der Waals surface area (Å²) in [5.74, 6) is 1.62. The van der Waals surface area contributed by atoms with Crippen molar-refractivity contribution in [3.8, 4) is 11.5 Å². The lowest BCUT2D eigenvalue weighted by molar-refractivity contribution is 0.0658. The topological polar surface area (TPSA) is 47.9 Å². The molecule has 0 saturated heterocycles. The van der Waals surface area contributed by atoms with Crippen LogP contribution in [-0.4, -0.2) is 38.1 Å². The highest BCUT2D eigenvalue weighted by Crippen LogP contribution is 2.21. The van der Waals surface area contributed by atoms with Gasteiger partial charge in [0, 0.05) is 26.1 Å². The molecule has 0 unspecified atom stereocenters. The molecule has 0 saturated carbocycles. The van der Waals surface area contributed by atoms with Crippen LogP contribution in [0.15, 0.2) is 48.6 Å². The molecule has 0 amide bonds. The van der Waals surface area contributed by atoms with Gasteiger partial charge in [-0.15, -0.1) is 0 Å². The van der Waals surface area contributed by atoms with E-state index in [9.17, 15) is 5.11 Å². The zero-order chi connectivity index (χ0) is 17.2. The van der Waals surface area contributed by atoms with Gasteiger partial charge in [-0.1, -0.05) is 31.2 Å². The van der Waals surface area contributed by atoms with E-state index in [4.69, 9.17) is 14.2 Å². The summed E-state index contributed by atoms with van der Waals surface area (Å²) in [6, 6.07) is 7.48. The van der Waals surface area contributed by atoms with Gasteiger partial charge in [-0.25, -0.2) is 0 Å². The highest BCUT2D eigenvalue weighted by atomic mass is 16.5. The molecule has 0 bridgehead atoms. The number of benzene rings is 1. The molecule has 0 fully saturated rings. The van der Waals surface area contributed by atoms with Crippen molar-refractivity contribution in [3.05, 3.63) is 48.6 Å². The molecule has 4 heteroatoms. The molecule has 0 spiro atoms. The molecular weight excluding hydrogens is 292 g/mol. The molecule has 0 aliphatic rings. The van der Waals surface area contributed by atoms with Gasteiger partial charge in [0.2, 0.25) is 0 Å². The van der Waals surface area contributed by atoms with Crippen molar-refractivity contribution in [2.75, 3.05) is 20.8 Å². The van der Waals surface area contributed by atoms with E-state index >= 15 is 0 Å². The second-order valence-electron chi connectivity index (χ2n) is 5.64. The average Bonchev–Trinajstić information content (AvgIpc) is 2.58. The molecule has 1 rings (SSSR count). The zero-order valence-corrected chi connectivity index (χ0v) is 14.5. The number of aliphatic hydroxyl groups is 1. The smallest absolute Gasteiger partial charge is 0.120 e. The fraction of sp³-hybridized carbons (Fsp3) is 0.474. The van der Waals surface area contributed by atoms with Crippen LogP contribution in [0.1, 0.15) is 20.3 Å². The molecule has 1 aromatic rings. The second kappa shape index (κ2) is 10.1. The molecule has 4 nitrogen and oxygen atoms in total. The van der Waals surface area contributed by atoms with Gasteiger partial charge >= 0.3 is 0 Å². The average molecular weight is 320 g/mol. The number of methoxy groups -OCH3 is 2. The first-order chi connectivity index (χ1) is 11.0. The summed E-state index contributed by atoms with van der Waals surface area (Å²) in [6.07, 6.45) is 4.31. The van der Waals surface area contributed by atoms with Gasteiger partial charge in [-0.2, -0.15) is 0 Å². The number of hydrogen-bond donors (Lipinski definition) is 1. The number of rotatable bonds is 10. The lowest BCUT2D eigenvalue weighted by Crippen LogP contribution is -2.22. The van der Waals surface area contributed by atoms with Gasteiger partial charge in [-0.05, 0) is 31.2 Å². The minimum Gasteiger partial charge on any atom is -0.497 e. The van der Waals surface area contributed by atoms with Crippen LogP contribution in [0.25, 0.3) is 0 Å².